The van der Waals surface area contributed by atoms with E-state index in [1.165, 1.54) is 0 Å². The van der Waals surface area contributed by atoms with Crippen LogP contribution in [-0.2, 0) is 0 Å². The highest BCUT2D eigenvalue weighted by molar-refractivity contribution is 5.90. The van der Waals surface area contributed by atoms with Crippen molar-refractivity contribution < 1.29 is 18.0 Å². The molecule has 1 N–H and O–H groups in total. The van der Waals surface area contributed by atoms with Crippen LogP contribution in [0.25, 0.3) is 0 Å². The van der Waals surface area contributed by atoms with Crippen LogP contribution in [0.5, 0.6) is 0 Å². The second kappa shape index (κ2) is 5.11. The van der Waals surface area contributed by atoms with E-state index >= 15 is 0 Å². The summed E-state index contributed by atoms with van der Waals surface area (Å²) < 4.78 is 36.9. The van der Waals surface area contributed by atoms with Gasteiger partial charge in [-0.25, -0.2) is 0 Å². The second-order valence-electron chi connectivity index (χ2n) is 3.93. The number of hydrogen-bond donors (Lipinski definition) is 1. The van der Waals surface area contributed by atoms with Crippen LogP contribution in [0, 0.1) is 5.92 Å². The molecule has 0 atom stereocenters. The standard InChI is InChI=1S/C8H12F3N5O/c1-5(2)3-16(4-8(9,10)11)7(17)6-12-14-15-13-6/h5H,3-4H2,1-2H3,(H,12,13,14,15). The van der Waals surface area contributed by atoms with Gasteiger partial charge in [0, 0.05) is 6.54 Å². The predicted octanol–water partition coefficient (Wildman–Crippen LogP) is 0.860. The molecule has 1 amide bonds. The van der Waals surface area contributed by atoms with E-state index in [4.69, 9.17) is 0 Å². The molecule has 0 fully saturated rings. The van der Waals surface area contributed by atoms with Gasteiger partial charge in [0.05, 0.1) is 0 Å². The molecular formula is C8H12F3N5O. The Morgan fingerprint density at radius 3 is 2.53 bits per heavy atom. The first-order valence-electron chi connectivity index (χ1n) is 4.89. The van der Waals surface area contributed by atoms with Crippen molar-refractivity contribution in [1.82, 2.24) is 25.5 Å². The zero-order chi connectivity index (χ0) is 13.1. The topological polar surface area (TPSA) is 74.8 Å². The summed E-state index contributed by atoms with van der Waals surface area (Å²) in [6, 6.07) is 0. The Balaban J connectivity index is 2.79. The molecule has 17 heavy (non-hydrogen) atoms. The molecule has 0 spiro atoms. The van der Waals surface area contributed by atoms with Crippen LogP contribution in [0.2, 0.25) is 0 Å². The Bertz CT molecular complexity index is 362. The minimum absolute atomic E-state index is 0.0209. The molecule has 1 rings (SSSR count). The first-order chi connectivity index (χ1) is 7.79. The fraction of sp³-hybridized carbons (Fsp3) is 0.750. The van der Waals surface area contributed by atoms with Crippen molar-refractivity contribution in [3.05, 3.63) is 5.82 Å². The number of carbonyl (C=O) groups is 1. The molecule has 96 valence electrons. The van der Waals surface area contributed by atoms with Gasteiger partial charge in [-0.1, -0.05) is 13.8 Å². The van der Waals surface area contributed by atoms with E-state index in [1.54, 1.807) is 13.8 Å². The first kappa shape index (κ1) is 13.4. The smallest absolute Gasteiger partial charge is 0.326 e. The van der Waals surface area contributed by atoms with E-state index in [2.05, 4.69) is 15.4 Å². The zero-order valence-corrected chi connectivity index (χ0v) is 9.32. The van der Waals surface area contributed by atoms with E-state index in [0.29, 0.717) is 4.90 Å². The average molecular weight is 251 g/mol. The average Bonchev–Trinajstić information content (AvgIpc) is 2.65. The van der Waals surface area contributed by atoms with Crippen LogP contribution >= 0.6 is 0 Å². The monoisotopic (exact) mass is 251 g/mol. The van der Waals surface area contributed by atoms with Crippen molar-refractivity contribution in [1.29, 1.82) is 0 Å². The van der Waals surface area contributed by atoms with Gasteiger partial charge in [-0.05, 0) is 11.1 Å². The Kier molecular flexibility index (Phi) is 4.02. The summed E-state index contributed by atoms with van der Waals surface area (Å²) in [4.78, 5) is 12.3. The summed E-state index contributed by atoms with van der Waals surface area (Å²) in [6.07, 6.45) is -4.45. The van der Waals surface area contributed by atoms with Crippen LogP contribution in [0.4, 0.5) is 13.2 Å². The number of aromatic nitrogens is 4. The summed E-state index contributed by atoms with van der Waals surface area (Å²) in [5.74, 6) is -1.34. The Hall–Kier alpha value is -1.67. The molecule has 0 aliphatic heterocycles. The number of nitrogens with zero attached hydrogens (tertiary/aromatic N) is 4. The zero-order valence-electron chi connectivity index (χ0n) is 9.32. The van der Waals surface area contributed by atoms with Gasteiger partial charge >= 0.3 is 6.18 Å². The minimum atomic E-state index is -4.45. The molecule has 1 aromatic heterocycles. The number of nitrogens with one attached hydrogen (secondary N) is 1. The van der Waals surface area contributed by atoms with Crippen molar-refractivity contribution >= 4 is 5.91 Å². The third-order valence-corrected chi connectivity index (χ3v) is 1.78. The van der Waals surface area contributed by atoms with Crippen molar-refractivity contribution in [2.24, 2.45) is 5.92 Å². The minimum Gasteiger partial charge on any atom is -0.326 e. The molecule has 0 unspecified atom stereocenters. The van der Waals surface area contributed by atoms with E-state index in [-0.39, 0.29) is 18.3 Å². The molecule has 1 aromatic rings. The maximum Gasteiger partial charge on any atom is 0.406 e. The number of carbonyl (C=O) groups excluding carboxylic acids is 1. The molecule has 0 aromatic carbocycles. The maximum absolute atomic E-state index is 12.3. The lowest BCUT2D eigenvalue weighted by atomic mass is 10.2. The third kappa shape index (κ3) is 4.37. The van der Waals surface area contributed by atoms with E-state index < -0.39 is 18.6 Å². The SMILES string of the molecule is CC(C)CN(CC(F)(F)F)C(=O)c1nn[nH]n1. The Morgan fingerprint density at radius 2 is 2.12 bits per heavy atom. The molecule has 0 saturated heterocycles. The predicted molar refractivity (Wildman–Crippen MR) is 51.0 cm³/mol. The van der Waals surface area contributed by atoms with Crippen molar-refractivity contribution in [2.45, 2.75) is 20.0 Å². The normalized spacial score (nSPS) is 11.9. The largest absolute Gasteiger partial charge is 0.406 e. The van der Waals surface area contributed by atoms with Gasteiger partial charge in [0.2, 0.25) is 0 Å². The van der Waals surface area contributed by atoms with Gasteiger partial charge in [0.1, 0.15) is 6.54 Å². The molecular weight excluding hydrogens is 239 g/mol. The lowest BCUT2D eigenvalue weighted by Crippen LogP contribution is -2.41. The number of tetrazole rings is 1. The number of H-pyrrole nitrogens is 1. The molecule has 0 bridgehead atoms. The first-order valence-corrected chi connectivity index (χ1v) is 4.89. The van der Waals surface area contributed by atoms with E-state index in [1.807, 2.05) is 5.21 Å². The fourth-order valence-electron chi connectivity index (χ4n) is 1.27. The number of hydrogen-bond acceptors (Lipinski definition) is 4. The molecule has 0 saturated carbocycles. The summed E-state index contributed by atoms with van der Waals surface area (Å²) >= 11 is 0. The molecule has 1 heterocycles. The molecule has 0 radical (unpaired) electrons. The van der Waals surface area contributed by atoms with Crippen LogP contribution < -0.4 is 0 Å². The number of amides is 1. The van der Waals surface area contributed by atoms with Gasteiger partial charge in [0.25, 0.3) is 11.7 Å². The van der Waals surface area contributed by atoms with Crippen LogP contribution in [0.3, 0.4) is 0 Å². The van der Waals surface area contributed by atoms with E-state index in [0.717, 1.165) is 0 Å². The molecule has 0 aliphatic rings. The third-order valence-electron chi connectivity index (χ3n) is 1.78. The Morgan fingerprint density at radius 1 is 1.47 bits per heavy atom. The molecule has 6 nitrogen and oxygen atoms in total. The lowest BCUT2D eigenvalue weighted by Gasteiger charge is -2.24. The van der Waals surface area contributed by atoms with Crippen molar-refractivity contribution in [3.63, 3.8) is 0 Å². The highest BCUT2D eigenvalue weighted by Gasteiger charge is 2.34. The summed E-state index contributed by atoms with van der Waals surface area (Å²) in [7, 11) is 0. The van der Waals surface area contributed by atoms with E-state index in [9.17, 15) is 18.0 Å². The summed E-state index contributed by atoms with van der Waals surface area (Å²) in [5, 5.41) is 11.9. The van der Waals surface area contributed by atoms with Gasteiger partial charge in [-0.3, -0.25) is 4.79 Å². The number of halogens is 3. The highest BCUT2D eigenvalue weighted by atomic mass is 19.4. The van der Waals surface area contributed by atoms with Gasteiger partial charge in [0.15, 0.2) is 0 Å². The fourth-order valence-corrected chi connectivity index (χ4v) is 1.27. The van der Waals surface area contributed by atoms with Gasteiger partial charge in [-0.2, -0.15) is 18.4 Å². The molecule has 0 aliphatic carbocycles. The second-order valence-corrected chi connectivity index (χ2v) is 3.93. The van der Waals surface area contributed by atoms with Crippen molar-refractivity contribution in [2.75, 3.05) is 13.1 Å². The van der Waals surface area contributed by atoms with Gasteiger partial charge in [-0.15, -0.1) is 10.2 Å². The number of alkyl halides is 3. The van der Waals surface area contributed by atoms with Crippen LogP contribution in [0.15, 0.2) is 0 Å². The quantitative estimate of drug-likeness (QED) is 0.861. The summed E-state index contributed by atoms with van der Waals surface area (Å²) in [5.41, 5.74) is 0. The maximum atomic E-state index is 12.3. The van der Waals surface area contributed by atoms with Crippen LogP contribution in [0.1, 0.15) is 24.5 Å². The number of rotatable bonds is 4. The summed E-state index contributed by atoms with van der Waals surface area (Å²) in [6.45, 7) is 2.09. The molecule has 9 heteroatoms. The van der Waals surface area contributed by atoms with Crippen LogP contribution in [-0.4, -0.2) is 50.7 Å². The van der Waals surface area contributed by atoms with Crippen molar-refractivity contribution in [3.8, 4) is 0 Å². The van der Waals surface area contributed by atoms with Gasteiger partial charge < -0.3 is 4.90 Å². The Labute approximate surface area is 95.2 Å². The number of aromatic amines is 1. The lowest BCUT2D eigenvalue weighted by molar-refractivity contribution is -0.141. The highest BCUT2D eigenvalue weighted by Crippen LogP contribution is 2.18.